The summed E-state index contributed by atoms with van der Waals surface area (Å²) < 4.78 is 21.8. The lowest BCUT2D eigenvalue weighted by Gasteiger charge is -2.31. The smallest absolute Gasteiger partial charge is 0.399 e. The molecule has 2 atom stereocenters. The molecule has 0 aliphatic rings. The fourth-order valence-corrected chi connectivity index (χ4v) is 3.36. The Morgan fingerprint density at radius 1 is 1.10 bits per heavy atom. The SMILES string of the molecule is CO/N=C(\C)CCNC(=O)CCNC(=O)[C@H](O)C(C)(C)COP(=O)(O)OC(C)(C)C. The number of aliphatic hydroxyl groups is 1. The van der Waals surface area contributed by atoms with Crippen molar-refractivity contribution in [1.29, 1.82) is 0 Å². The van der Waals surface area contributed by atoms with E-state index in [4.69, 9.17) is 9.05 Å². The minimum atomic E-state index is -4.35. The number of aliphatic hydroxyl groups excluding tert-OH is 1. The van der Waals surface area contributed by atoms with Gasteiger partial charge in [-0.1, -0.05) is 19.0 Å². The Kier molecular flexibility index (Phi) is 11.7. The molecule has 0 aromatic carbocycles. The van der Waals surface area contributed by atoms with Gasteiger partial charge in [0.2, 0.25) is 11.8 Å². The molecule has 0 heterocycles. The molecule has 2 amide bonds. The second-order valence-electron chi connectivity index (χ2n) is 8.49. The van der Waals surface area contributed by atoms with E-state index >= 15 is 0 Å². The van der Waals surface area contributed by atoms with Crippen LogP contribution in [0.2, 0.25) is 0 Å². The molecule has 176 valence electrons. The Balaban J connectivity index is 4.39. The van der Waals surface area contributed by atoms with Crippen LogP contribution in [0.5, 0.6) is 0 Å². The summed E-state index contributed by atoms with van der Waals surface area (Å²) in [6.45, 7) is 9.58. The van der Waals surface area contributed by atoms with Crippen LogP contribution in [0.25, 0.3) is 0 Å². The molecule has 1 unspecified atom stereocenters. The maximum Gasteiger partial charge on any atom is 0.472 e. The first-order valence-electron chi connectivity index (χ1n) is 9.57. The van der Waals surface area contributed by atoms with Crippen molar-refractivity contribution >= 4 is 25.3 Å². The van der Waals surface area contributed by atoms with Gasteiger partial charge in [-0.3, -0.25) is 18.6 Å². The van der Waals surface area contributed by atoms with E-state index in [-0.39, 0.29) is 18.9 Å². The fraction of sp³-hybridized carbons (Fsp3) is 0.833. The number of nitrogens with one attached hydrogen (secondary N) is 2. The topological polar surface area (TPSA) is 156 Å². The Bertz CT molecular complexity index is 646. The maximum absolute atomic E-state index is 12.2. The van der Waals surface area contributed by atoms with Gasteiger partial charge in [-0.05, 0) is 27.7 Å². The Hall–Kier alpha value is -1.52. The van der Waals surface area contributed by atoms with Gasteiger partial charge in [0.25, 0.3) is 0 Å². The second-order valence-corrected chi connectivity index (χ2v) is 9.86. The van der Waals surface area contributed by atoms with Gasteiger partial charge in [0.05, 0.1) is 17.9 Å². The highest BCUT2D eigenvalue weighted by atomic mass is 31.2. The van der Waals surface area contributed by atoms with E-state index in [1.54, 1.807) is 27.7 Å². The lowest BCUT2D eigenvalue weighted by atomic mass is 9.87. The molecule has 0 saturated heterocycles. The Morgan fingerprint density at radius 3 is 2.20 bits per heavy atom. The molecular formula is C18H36N3O8P. The first-order valence-corrected chi connectivity index (χ1v) is 11.1. The van der Waals surface area contributed by atoms with E-state index < -0.39 is 37.5 Å². The molecule has 0 aromatic rings. The summed E-state index contributed by atoms with van der Waals surface area (Å²) in [7, 11) is -2.91. The van der Waals surface area contributed by atoms with Crippen molar-refractivity contribution in [3.63, 3.8) is 0 Å². The monoisotopic (exact) mass is 453 g/mol. The van der Waals surface area contributed by atoms with Gasteiger partial charge in [-0.2, -0.15) is 0 Å². The molecule has 0 bridgehead atoms. The normalized spacial score (nSPS) is 15.8. The van der Waals surface area contributed by atoms with Crippen LogP contribution in [-0.2, 0) is 28.0 Å². The van der Waals surface area contributed by atoms with E-state index in [1.165, 1.54) is 21.0 Å². The first-order chi connectivity index (χ1) is 13.6. The minimum absolute atomic E-state index is 0.0232. The van der Waals surface area contributed by atoms with Gasteiger partial charge in [-0.25, -0.2) is 4.57 Å². The molecule has 0 radical (unpaired) electrons. The number of amides is 2. The zero-order valence-corrected chi connectivity index (χ0v) is 19.7. The molecular weight excluding hydrogens is 417 g/mol. The molecule has 0 aliphatic heterocycles. The van der Waals surface area contributed by atoms with Crippen molar-refractivity contribution in [2.75, 3.05) is 26.8 Å². The molecule has 0 aromatic heterocycles. The predicted octanol–water partition coefficient (Wildman–Crippen LogP) is 1.34. The highest BCUT2D eigenvalue weighted by Gasteiger charge is 2.38. The molecule has 0 spiro atoms. The quantitative estimate of drug-likeness (QED) is 0.185. The summed E-state index contributed by atoms with van der Waals surface area (Å²) in [5.41, 5.74) is -1.34. The zero-order valence-electron chi connectivity index (χ0n) is 18.9. The zero-order chi connectivity index (χ0) is 23.6. The highest BCUT2D eigenvalue weighted by molar-refractivity contribution is 7.47. The van der Waals surface area contributed by atoms with Gasteiger partial charge in [0.15, 0.2) is 0 Å². The molecule has 0 rings (SSSR count). The van der Waals surface area contributed by atoms with E-state index in [0.29, 0.717) is 13.0 Å². The Labute approximate surface area is 178 Å². The van der Waals surface area contributed by atoms with Gasteiger partial charge in [0, 0.05) is 31.3 Å². The average Bonchev–Trinajstić information content (AvgIpc) is 2.57. The van der Waals surface area contributed by atoms with Crippen LogP contribution in [0.4, 0.5) is 0 Å². The number of nitrogens with zero attached hydrogens (tertiary/aromatic N) is 1. The van der Waals surface area contributed by atoms with E-state index in [0.717, 1.165) is 5.71 Å². The minimum Gasteiger partial charge on any atom is -0.399 e. The molecule has 4 N–H and O–H groups in total. The summed E-state index contributed by atoms with van der Waals surface area (Å²) in [5, 5.41) is 19.1. The van der Waals surface area contributed by atoms with E-state index in [2.05, 4.69) is 20.6 Å². The van der Waals surface area contributed by atoms with E-state index in [9.17, 15) is 24.2 Å². The highest BCUT2D eigenvalue weighted by Crippen LogP contribution is 2.48. The van der Waals surface area contributed by atoms with Crippen molar-refractivity contribution in [2.24, 2.45) is 10.6 Å². The summed E-state index contributed by atoms with van der Waals surface area (Å²) in [5.74, 6) is -0.984. The number of rotatable bonds is 13. The third-order valence-corrected chi connectivity index (χ3v) is 4.92. The number of hydrogen-bond acceptors (Lipinski definition) is 8. The van der Waals surface area contributed by atoms with Crippen LogP contribution in [-0.4, -0.2) is 66.0 Å². The largest absolute Gasteiger partial charge is 0.472 e. The molecule has 30 heavy (non-hydrogen) atoms. The van der Waals surface area contributed by atoms with Gasteiger partial charge < -0.3 is 25.5 Å². The number of carbonyl (C=O) groups excluding carboxylic acids is 2. The molecule has 12 heteroatoms. The number of oxime groups is 1. The van der Waals surface area contributed by atoms with Crippen LogP contribution >= 0.6 is 7.82 Å². The third-order valence-electron chi connectivity index (χ3n) is 3.68. The molecule has 0 saturated carbocycles. The molecule has 11 nitrogen and oxygen atoms in total. The lowest BCUT2D eigenvalue weighted by molar-refractivity contribution is -0.137. The van der Waals surface area contributed by atoms with Gasteiger partial charge >= 0.3 is 7.82 Å². The average molecular weight is 453 g/mol. The van der Waals surface area contributed by atoms with Crippen LogP contribution in [0, 0.1) is 5.41 Å². The van der Waals surface area contributed by atoms with Gasteiger partial charge in [0.1, 0.15) is 13.2 Å². The summed E-state index contributed by atoms with van der Waals surface area (Å²) in [6.07, 6.45) is -0.962. The lowest BCUT2D eigenvalue weighted by Crippen LogP contribution is -2.46. The number of phosphoric ester groups is 1. The first kappa shape index (κ1) is 28.5. The van der Waals surface area contributed by atoms with Crippen molar-refractivity contribution in [1.82, 2.24) is 10.6 Å². The second kappa shape index (κ2) is 12.4. The van der Waals surface area contributed by atoms with Crippen molar-refractivity contribution in [2.45, 2.75) is 66.1 Å². The summed E-state index contributed by atoms with van der Waals surface area (Å²) in [6, 6.07) is 0. The van der Waals surface area contributed by atoms with Gasteiger partial charge in [-0.15, -0.1) is 0 Å². The van der Waals surface area contributed by atoms with Crippen molar-refractivity contribution in [3.8, 4) is 0 Å². The van der Waals surface area contributed by atoms with Crippen LogP contribution in [0.15, 0.2) is 5.16 Å². The molecule has 0 fully saturated rings. The number of hydrogen-bond donors (Lipinski definition) is 4. The maximum atomic E-state index is 12.2. The Morgan fingerprint density at radius 2 is 1.67 bits per heavy atom. The fourth-order valence-electron chi connectivity index (χ4n) is 2.12. The van der Waals surface area contributed by atoms with Crippen molar-refractivity contribution in [3.05, 3.63) is 0 Å². The van der Waals surface area contributed by atoms with Crippen LogP contribution < -0.4 is 10.6 Å². The number of phosphoric acid groups is 1. The van der Waals surface area contributed by atoms with Crippen LogP contribution in [0.3, 0.4) is 0 Å². The predicted molar refractivity (Wildman–Crippen MR) is 112 cm³/mol. The number of carbonyl (C=O) groups is 2. The molecule has 0 aliphatic carbocycles. The van der Waals surface area contributed by atoms with E-state index in [1.807, 2.05) is 0 Å². The van der Waals surface area contributed by atoms with Crippen LogP contribution in [0.1, 0.15) is 54.4 Å². The van der Waals surface area contributed by atoms with Crippen molar-refractivity contribution < 1.29 is 38.0 Å². The standard InChI is InChI=1S/C18H36N3O8P/c1-13(21-27-7)8-10-19-14(22)9-11-20-16(24)15(23)18(5,6)12-28-30(25,26)29-17(2,3)4/h15,23H,8-12H2,1-7H3,(H,19,22)(H,20,24)(H,25,26)/b21-13+/t15-/m0/s1. The third kappa shape index (κ3) is 12.9. The summed E-state index contributed by atoms with van der Waals surface area (Å²) in [4.78, 5) is 38.3. The summed E-state index contributed by atoms with van der Waals surface area (Å²) >= 11 is 0.